The van der Waals surface area contributed by atoms with Gasteiger partial charge in [-0.1, -0.05) is 0 Å². The Labute approximate surface area is 119 Å². The Morgan fingerprint density at radius 3 is 1.48 bits per heavy atom. The number of aromatic carboxylic acids is 1. The fourth-order valence-electron chi connectivity index (χ4n) is 1.40. The first-order valence-electron chi connectivity index (χ1n) is 5.65. The highest BCUT2D eigenvalue weighted by Gasteiger charge is 2.20. The van der Waals surface area contributed by atoms with E-state index in [2.05, 4.69) is 0 Å². The third-order valence-electron chi connectivity index (χ3n) is 2.01. The van der Waals surface area contributed by atoms with Gasteiger partial charge in [0.1, 0.15) is 0 Å². The van der Waals surface area contributed by atoms with Gasteiger partial charge in [0.2, 0.25) is 5.75 Å². The van der Waals surface area contributed by atoms with E-state index in [1.165, 1.54) is 0 Å². The number of esters is 3. The molecule has 0 bridgehead atoms. The van der Waals surface area contributed by atoms with Crippen molar-refractivity contribution >= 4 is 23.9 Å². The summed E-state index contributed by atoms with van der Waals surface area (Å²) in [6.45, 7) is 3.20. The van der Waals surface area contributed by atoms with Gasteiger partial charge in [0.15, 0.2) is 11.5 Å². The lowest BCUT2D eigenvalue weighted by Gasteiger charge is -2.15. The van der Waals surface area contributed by atoms with E-state index in [-0.39, 0.29) is 17.2 Å². The van der Waals surface area contributed by atoms with Crippen LogP contribution < -0.4 is 19.3 Å². The number of carbonyl (C=O) groups is 4. The van der Waals surface area contributed by atoms with Crippen LogP contribution in [-0.4, -0.2) is 23.9 Å². The molecule has 0 unspecified atom stereocenters. The third-order valence-corrected chi connectivity index (χ3v) is 2.01. The van der Waals surface area contributed by atoms with Crippen molar-refractivity contribution in [1.29, 1.82) is 0 Å². The standard InChI is InChI=1S/C13H12O8/c1-6(14)19-10-4-9(13(17)18)5-11(20-7(2)15)12(10)21-8(3)16/h4-5H,1-3H3,(H,17,18)/p-1. The summed E-state index contributed by atoms with van der Waals surface area (Å²) >= 11 is 0. The van der Waals surface area contributed by atoms with Crippen LogP contribution in [0.4, 0.5) is 0 Å². The van der Waals surface area contributed by atoms with E-state index in [0.717, 1.165) is 32.9 Å². The zero-order valence-electron chi connectivity index (χ0n) is 11.4. The molecule has 1 aromatic rings. The normalized spacial score (nSPS) is 9.67. The van der Waals surface area contributed by atoms with Crippen molar-refractivity contribution < 1.29 is 38.5 Å². The minimum Gasteiger partial charge on any atom is -0.545 e. The molecule has 0 fully saturated rings. The van der Waals surface area contributed by atoms with Crippen molar-refractivity contribution in [3.8, 4) is 17.2 Å². The molecule has 1 rings (SSSR count). The van der Waals surface area contributed by atoms with Crippen LogP contribution in [0.2, 0.25) is 0 Å². The van der Waals surface area contributed by atoms with E-state index >= 15 is 0 Å². The monoisotopic (exact) mass is 295 g/mol. The second-order valence-electron chi connectivity index (χ2n) is 3.87. The number of hydrogen-bond donors (Lipinski definition) is 0. The molecule has 0 spiro atoms. The van der Waals surface area contributed by atoms with Crippen molar-refractivity contribution in [3.05, 3.63) is 17.7 Å². The summed E-state index contributed by atoms with van der Waals surface area (Å²) in [5.74, 6) is -5.08. The Hall–Kier alpha value is -2.90. The van der Waals surface area contributed by atoms with E-state index in [1.54, 1.807) is 0 Å². The zero-order chi connectivity index (χ0) is 16.2. The van der Waals surface area contributed by atoms with Crippen molar-refractivity contribution in [2.75, 3.05) is 0 Å². The summed E-state index contributed by atoms with van der Waals surface area (Å²) in [4.78, 5) is 44.1. The molecule has 0 radical (unpaired) electrons. The minimum atomic E-state index is -1.59. The van der Waals surface area contributed by atoms with E-state index in [0.29, 0.717) is 0 Å². The molecular weight excluding hydrogens is 284 g/mol. The zero-order valence-corrected chi connectivity index (χ0v) is 11.4. The van der Waals surface area contributed by atoms with Gasteiger partial charge < -0.3 is 24.1 Å². The summed E-state index contributed by atoms with van der Waals surface area (Å²) in [5, 5.41) is 10.9. The Kier molecular flexibility index (Phi) is 5.01. The van der Waals surface area contributed by atoms with Crippen LogP contribution in [0.15, 0.2) is 12.1 Å². The van der Waals surface area contributed by atoms with E-state index in [1.807, 2.05) is 0 Å². The molecule has 0 atom stereocenters. The lowest BCUT2D eigenvalue weighted by molar-refractivity contribution is -0.255. The maximum atomic E-state index is 11.1. The average molecular weight is 295 g/mol. The number of carboxylic acids is 1. The van der Waals surface area contributed by atoms with E-state index in [9.17, 15) is 24.3 Å². The average Bonchev–Trinajstić information content (AvgIpc) is 2.30. The molecule has 1 aromatic carbocycles. The predicted molar refractivity (Wildman–Crippen MR) is 64.7 cm³/mol. The molecule has 0 heterocycles. The first-order chi connectivity index (χ1) is 9.70. The van der Waals surface area contributed by atoms with Crippen molar-refractivity contribution in [3.63, 3.8) is 0 Å². The van der Waals surface area contributed by atoms with Crippen LogP contribution in [-0.2, 0) is 14.4 Å². The van der Waals surface area contributed by atoms with Gasteiger partial charge in [-0.2, -0.15) is 0 Å². The largest absolute Gasteiger partial charge is 0.545 e. The molecule has 0 aliphatic carbocycles. The maximum absolute atomic E-state index is 11.1. The van der Waals surface area contributed by atoms with Gasteiger partial charge in [0.25, 0.3) is 0 Å². The number of ether oxygens (including phenoxy) is 3. The maximum Gasteiger partial charge on any atom is 0.308 e. The molecule has 0 saturated carbocycles. The molecular formula is C13H11O8-. The van der Waals surface area contributed by atoms with Gasteiger partial charge in [0, 0.05) is 26.3 Å². The van der Waals surface area contributed by atoms with Gasteiger partial charge in [-0.25, -0.2) is 0 Å². The Morgan fingerprint density at radius 1 is 0.810 bits per heavy atom. The molecule has 0 aliphatic heterocycles. The van der Waals surface area contributed by atoms with Crippen LogP contribution in [0.5, 0.6) is 17.2 Å². The fraction of sp³-hybridized carbons (Fsp3) is 0.231. The summed E-state index contributed by atoms with van der Waals surface area (Å²) in [6, 6.07) is 1.84. The number of carboxylic acid groups (broad SMARTS) is 1. The van der Waals surface area contributed by atoms with Crippen LogP contribution in [0.25, 0.3) is 0 Å². The molecule has 0 N–H and O–H groups in total. The molecule has 0 saturated heterocycles. The van der Waals surface area contributed by atoms with Gasteiger partial charge in [-0.15, -0.1) is 0 Å². The van der Waals surface area contributed by atoms with Gasteiger partial charge >= 0.3 is 17.9 Å². The summed E-state index contributed by atoms with van der Waals surface area (Å²) in [6.07, 6.45) is 0. The summed E-state index contributed by atoms with van der Waals surface area (Å²) < 4.78 is 14.3. The minimum absolute atomic E-state index is 0.377. The second-order valence-corrected chi connectivity index (χ2v) is 3.87. The van der Waals surface area contributed by atoms with Crippen molar-refractivity contribution in [2.24, 2.45) is 0 Å². The molecule has 112 valence electrons. The quantitative estimate of drug-likeness (QED) is 0.554. The van der Waals surface area contributed by atoms with Gasteiger partial charge in [-0.3, -0.25) is 14.4 Å². The molecule has 21 heavy (non-hydrogen) atoms. The Morgan fingerprint density at radius 2 is 1.19 bits per heavy atom. The molecule has 8 nitrogen and oxygen atoms in total. The highest BCUT2D eigenvalue weighted by Crippen LogP contribution is 2.39. The highest BCUT2D eigenvalue weighted by molar-refractivity contribution is 5.89. The highest BCUT2D eigenvalue weighted by atomic mass is 16.6. The molecule has 0 amide bonds. The number of benzene rings is 1. The molecule has 0 aliphatic rings. The van der Waals surface area contributed by atoms with Crippen LogP contribution >= 0.6 is 0 Å². The SMILES string of the molecule is CC(=O)Oc1cc(C(=O)[O-])cc(OC(C)=O)c1OC(C)=O. The van der Waals surface area contributed by atoms with Crippen LogP contribution in [0.1, 0.15) is 31.1 Å². The fourth-order valence-corrected chi connectivity index (χ4v) is 1.40. The predicted octanol–water partition coefficient (Wildman–Crippen LogP) is -0.174. The first kappa shape index (κ1) is 16.2. The van der Waals surface area contributed by atoms with Crippen LogP contribution in [0, 0.1) is 0 Å². The van der Waals surface area contributed by atoms with Gasteiger partial charge in [0.05, 0.1) is 5.97 Å². The first-order valence-corrected chi connectivity index (χ1v) is 5.65. The van der Waals surface area contributed by atoms with Gasteiger partial charge in [-0.05, 0) is 12.1 Å². The summed E-state index contributed by atoms with van der Waals surface area (Å²) in [7, 11) is 0. The lowest BCUT2D eigenvalue weighted by atomic mass is 10.2. The van der Waals surface area contributed by atoms with Crippen molar-refractivity contribution in [2.45, 2.75) is 20.8 Å². The third kappa shape index (κ3) is 4.60. The number of hydrogen-bond acceptors (Lipinski definition) is 8. The van der Waals surface area contributed by atoms with E-state index < -0.39 is 29.4 Å². The summed E-state index contributed by atoms with van der Waals surface area (Å²) in [5.41, 5.74) is -0.418. The number of carbonyl (C=O) groups excluding carboxylic acids is 4. The van der Waals surface area contributed by atoms with Crippen LogP contribution in [0.3, 0.4) is 0 Å². The van der Waals surface area contributed by atoms with E-state index in [4.69, 9.17) is 14.2 Å². The lowest BCUT2D eigenvalue weighted by Crippen LogP contribution is -2.23. The molecule has 0 aromatic heterocycles. The second kappa shape index (κ2) is 6.51. The Balaban J connectivity index is 3.50. The Bertz CT molecular complexity index is 580. The molecule has 8 heteroatoms. The number of rotatable bonds is 4. The van der Waals surface area contributed by atoms with Crippen molar-refractivity contribution in [1.82, 2.24) is 0 Å². The topological polar surface area (TPSA) is 119 Å². The smallest absolute Gasteiger partial charge is 0.308 e.